The lowest BCUT2D eigenvalue weighted by atomic mass is 10.5. The second-order valence-corrected chi connectivity index (χ2v) is 6.71. The summed E-state index contributed by atoms with van der Waals surface area (Å²) in [5.41, 5.74) is 5.32. The molecule has 1 atom stereocenters. The van der Waals surface area contributed by atoms with E-state index < -0.39 is 20.8 Å². The van der Waals surface area contributed by atoms with Crippen molar-refractivity contribution in [2.75, 3.05) is 18.6 Å². The molecule has 0 saturated heterocycles. The lowest BCUT2D eigenvalue weighted by molar-refractivity contribution is 0.413. The Bertz CT molecular complexity index is 481. The fraction of sp³-hybridized carbons (Fsp3) is 0.556. The van der Waals surface area contributed by atoms with Crippen LogP contribution in [0.4, 0.5) is 0 Å². The fourth-order valence-corrected chi connectivity index (χ4v) is 2.74. The average Bonchev–Trinajstić information content (AvgIpc) is 2.73. The summed E-state index contributed by atoms with van der Waals surface area (Å²) in [4.78, 5) is 0. The molecule has 0 spiro atoms. The number of furan rings is 1. The maximum atomic E-state index is 11.7. The molecule has 0 radical (unpaired) electrons. The van der Waals surface area contributed by atoms with Crippen molar-refractivity contribution in [2.24, 2.45) is 5.73 Å². The summed E-state index contributed by atoms with van der Waals surface area (Å²) in [6.07, 6.45) is 2.10. The summed E-state index contributed by atoms with van der Waals surface area (Å²) < 4.78 is 41.6. The van der Waals surface area contributed by atoms with Crippen LogP contribution in [0.25, 0.3) is 0 Å². The first-order valence-electron chi connectivity index (χ1n) is 5.04. The number of hydrogen-bond donors (Lipinski definition) is 2. The topological polar surface area (TPSA) is 102 Å². The van der Waals surface area contributed by atoms with Crippen molar-refractivity contribution in [1.29, 1.82) is 0 Å². The van der Waals surface area contributed by atoms with E-state index in [1.165, 1.54) is 12.1 Å². The van der Waals surface area contributed by atoms with E-state index in [4.69, 9.17) is 10.2 Å². The van der Waals surface area contributed by atoms with Crippen LogP contribution in [0.1, 0.15) is 12.2 Å². The zero-order valence-electron chi connectivity index (χ0n) is 9.51. The van der Waals surface area contributed by atoms with Crippen LogP contribution in [0.15, 0.2) is 21.6 Å². The molecule has 0 aromatic carbocycles. The third-order valence-electron chi connectivity index (χ3n) is 2.00. The van der Waals surface area contributed by atoms with E-state index >= 15 is 0 Å². The third kappa shape index (κ3) is 4.58. The van der Waals surface area contributed by atoms with Crippen molar-refractivity contribution in [1.82, 2.24) is 4.72 Å². The molecule has 0 fully saturated rings. The van der Waals surface area contributed by atoms with Gasteiger partial charge in [0.05, 0.1) is 6.54 Å². The Hall–Kier alpha value is -0.700. The van der Waals surface area contributed by atoms with Crippen molar-refractivity contribution in [3.8, 4) is 0 Å². The Morgan fingerprint density at radius 3 is 2.71 bits per heavy atom. The first-order chi connectivity index (χ1) is 7.95. The van der Waals surface area contributed by atoms with Gasteiger partial charge in [-0.3, -0.25) is 4.21 Å². The Labute approximate surface area is 103 Å². The summed E-state index contributed by atoms with van der Waals surface area (Å²) in [5.74, 6) is 0.884. The normalized spacial score (nSPS) is 13.8. The minimum Gasteiger partial charge on any atom is -0.447 e. The summed E-state index contributed by atoms with van der Waals surface area (Å²) in [6.45, 7) is 0.394. The van der Waals surface area contributed by atoms with E-state index in [2.05, 4.69) is 4.72 Å². The standard InChI is InChI=1S/C9H16N2O4S2/c1-16(12)6-2-5-11-17(13,14)9-4-3-8(7-10)15-9/h3-4,11H,2,5-7,10H2,1H3. The minimum atomic E-state index is -3.62. The molecule has 1 rings (SSSR count). The van der Waals surface area contributed by atoms with Gasteiger partial charge in [-0.25, -0.2) is 13.1 Å². The van der Waals surface area contributed by atoms with Gasteiger partial charge in [0.25, 0.3) is 10.0 Å². The lowest BCUT2D eigenvalue weighted by Crippen LogP contribution is -2.25. The van der Waals surface area contributed by atoms with Gasteiger partial charge < -0.3 is 10.2 Å². The number of sulfonamides is 1. The molecule has 98 valence electrons. The maximum absolute atomic E-state index is 11.7. The van der Waals surface area contributed by atoms with Gasteiger partial charge in [-0.15, -0.1) is 0 Å². The number of rotatable bonds is 7. The zero-order chi connectivity index (χ0) is 12.9. The number of nitrogens with two attached hydrogens (primary N) is 1. The summed E-state index contributed by atoms with van der Waals surface area (Å²) >= 11 is 0. The molecule has 0 aliphatic carbocycles. The molecule has 17 heavy (non-hydrogen) atoms. The largest absolute Gasteiger partial charge is 0.447 e. The van der Waals surface area contributed by atoms with Crippen molar-refractivity contribution >= 4 is 20.8 Å². The number of hydrogen-bond acceptors (Lipinski definition) is 5. The van der Waals surface area contributed by atoms with Crippen LogP contribution in [-0.2, 0) is 27.4 Å². The predicted molar refractivity (Wildman–Crippen MR) is 65.3 cm³/mol. The van der Waals surface area contributed by atoms with Crippen molar-refractivity contribution in [2.45, 2.75) is 18.1 Å². The molecule has 1 aromatic rings. The summed E-state index contributed by atoms with van der Waals surface area (Å²) in [7, 11) is -4.53. The highest BCUT2D eigenvalue weighted by Gasteiger charge is 2.17. The highest BCUT2D eigenvalue weighted by Crippen LogP contribution is 2.12. The maximum Gasteiger partial charge on any atom is 0.273 e. The molecule has 0 aliphatic rings. The molecule has 3 N–H and O–H groups in total. The number of nitrogens with one attached hydrogen (secondary N) is 1. The summed E-state index contributed by atoms with van der Waals surface area (Å²) in [6, 6.07) is 2.89. The predicted octanol–water partition coefficient (Wildman–Crippen LogP) is -0.215. The SMILES string of the molecule is CS(=O)CCCNS(=O)(=O)c1ccc(CN)o1. The highest BCUT2D eigenvalue weighted by atomic mass is 32.2. The van der Waals surface area contributed by atoms with E-state index in [-0.39, 0.29) is 18.2 Å². The first-order valence-corrected chi connectivity index (χ1v) is 8.25. The van der Waals surface area contributed by atoms with Gasteiger partial charge in [-0.05, 0) is 18.6 Å². The van der Waals surface area contributed by atoms with Crippen LogP contribution < -0.4 is 10.5 Å². The quantitative estimate of drug-likeness (QED) is 0.673. The third-order valence-corrected chi connectivity index (χ3v) is 4.20. The lowest BCUT2D eigenvalue weighted by Gasteiger charge is -2.03. The van der Waals surface area contributed by atoms with Crippen LogP contribution in [0, 0.1) is 0 Å². The van der Waals surface area contributed by atoms with Crippen molar-refractivity contribution < 1.29 is 17.0 Å². The molecule has 1 aromatic heterocycles. The highest BCUT2D eigenvalue weighted by molar-refractivity contribution is 7.89. The Morgan fingerprint density at radius 1 is 1.47 bits per heavy atom. The fourth-order valence-electron chi connectivity index (χ4n) is 1.17. The second-order valence-electron chi connectivity index (χ2n) is 3.45. The van der Waals surface area contributed by atoms with Crippen LogP contribution in [0.5, 0.6) is 0 Å². The molecular weight excluding hydrogens is 264 g/mol. The molecule has 1 heterocycles. The second kappa shape index (κ2) is 6.29. The molecule has 0 aliphatic heterocycles. The van der Waals surface area contributed by atoms with Gasteiger partial charge >= 0.3 is 0 Å². The van der Waals surface area contributed by atoms with E-state index in [0.29, 0.717) is 17.9 Å². The molecular formula is C9H16N2O4S2. The molecule has 6 nitrogen and oxygen atoms in total. The van der Waals surface area contributed by atoms with Crippen LogP contribution in [0.3, 0.4) is 0 Å². The Morgan fingerprint density at radius 2 is 2.18 bits per heavy atom. The van der Waals surface area contributed by atoms with Crippen molar-refractivity contribution in [3.05, 3.63) is 17.9 Å². The smallest absolute Gasteiger partial charge is 0.273 e. The zero-order valence-corrected chi connectivity index (χ0v) is 11.1. The Kier molecular flexibility index (Phi) is 5.31. The van der Waals surface area contributed by atoms with Gasteiger partial charge in [0.15, 0.2) is 0 Å². The van der Waals surface area contributed by atoms with E-state index in [1.807, 2.05) is 0 Å². The van der Waals surface area contributed by atoms with Crippen LogP contribution in [-0.4, -0.2) is 31.2 Å². The van der Waals surface area contributed by atoms with Gasteiger partial charge in [-0.2, -0.15) is 0 Å². The van der Waals surface area contributed by atoms with Gasteiger partial charge in [-0.1, -0.05) is 0 Å². The summed E-state index contributed by atoms with van der Waals surface area (Å²) in [5, 5.41) is -0.143. The molecule has 0 bridgehead atoms. The van der Waals surface area contributed by atoms with Gasteiger partial charge in [0.2, 0.25) is 5.09 Å². The van der Waals surface area contributed by atoms with Crippen LogP contribution in [0.2, 0.25) is 0 Å². The first kappa shape index (κ1) is 14.4. The molecule has 0 amide bonds. The van der Waals surface area contributed by atoms with E-state index in [1.54, 1.807) is 6.26 Å². The van der Waals surface area contributed by atoms with Gasteiger partial charge in [0, 0.05) is 29.4 Å². The van der Waals surface area contributed by atoms with E-state index in [9.17, 15) is 12.6 Å². The van der Waals surface area contributed by atoms with E-state index in [0.717, 1.165) is 0 Å². The molecule has 0 saturated carbocycles. The molecule has 1 unspecified atom stereocenters. The van der Waals surface area contributed by atoms with Crippen LogP contribution >= 0.6 is 0 Å². The molecule has 8 heteroatoms. The minimum absolute atomic E-state index is 0.143. The monoisotopic (exact) mass is 280 g/mol. The van der Waals surface area contributed by atoms with Gasteiger partial charge in [0.1, 0.15) is 5.76 Å². The van der Waals surface area contributed by atoms with Crippen molar-refractivity contribution in [3.63, 3.8) is 0 Å². The Balaban J connectivity index is 2.53. The average molecular weight is 280 g/mol.